The van der Waals surface area contributed by atoms with Crippen molar-refractivity contribution in [3.63, 3.8) is 0 Å². The van der Waals surface area contributed by atoms with Crippen molar-refractivity contribution in [3.05, 3.63) is 11.8 Å². The van der Waals surface area contributed by atoms with Gasteiger partial charge in [-0.1, -0.05) is 13.8 Å². The second-order valence-corrected chi connectivity index (χ2v) is 4.17. The van der Waals surface area contributed by atoms with Crippen LogP contribution in [-0.2, 0) is 6.18 Å². The van der Waals surface area contributed by atoms with Crippen molar-refractivity contribution < 1.29 is 13.2 Å². The molecule has 7 heteroatoms. The first-order chi connectivity index (χ1) is 8.92. The largest absolute Gasteiger partial charge is 0.433 e. The molecule has 0 atom stereocenters. The predicted molar refractivity (Wildman–Crippen MR) is 69.4 cm³/mol. The first-order valence-corrected chi connectivity index (χ1v) is 6.31. The molecule has 0 radical (unpaired) electrons. The molecule has 4 nitrogen and oxygen atoms in total. The highest BCUT2D eigenvalue weighted by molar-refractivity contribution is 5.45. The van der Waals surface area contributed by atoms with E-state index in [9.17, 15) is 13.2 Å². The molecule has 0 saturated heterocycles. The third-order valence-electron chi connectivity index (χ3n) is 2.54. The molecule has 1 N–H and O–H groups in total. The van der Waals surface area contributed by atoms with Gasteiger partial charge in [0, 0.05) is 26.2 Å². The molecule has 0 aliphatic heterocycles. The average Bonchev–Trinajstić information content (AvgIpc) is 2.37. The molecule has 1 aromatic heterocycles. The maximum absolute atomic E-state index is 12.8. The molecular formula is C12H19F3N4. The van der Waals surface area contributed by atoms with Crippen LogP contribution < -0.4 is 10.2 Å². The summed E-state index contributed by atoms with van der Waals surface area (Å²) < 4.78 is 38.3. The lowest BCUT2D eigenvalue weighted by Gasteiger charge is -2.23. The summed E-state index contributed by atoms with van der Waals surface area (Å²) >= 11 is 0. The summed E-state index contributed by atoms with van der Waals surface area (Å²) in [5.74, 6) is 0.303. The van der Waals surface area contributed by atoms with Crippen LogP contribution in [0.4, 0.5) is 24.9 Å². The molecule has 1 aromatic rings. The number of hydrogen-bond donors (Lipinski definition) is 1. The third-order valence-corrected chi connectivity index (χ3v) is 2.54. The van der Waals surface area contributed by atoms with Crippen molar-refractivity contribution in [2.24, 2.45) is 0 Å². The minimum atomic E-state index is -4.46. The molecule has 0 aromatic carbocycles. The first kappa shape index (κ1) is 15.5. The molecule has 0 unspecified atom stereocenters. The highest BCUT2D eigenvalue weighted by Crippen LogP contribution is 2.30. The Labute approximate surface area is 111 Å². The van der Waals surface area contributed by atoms with Crippen molar-refractivity contribution in [1.82, 2.24) is 9.97 Å². The van der Waals surface area contributed by atoms with Gasteiger partial charge in [-0.05, 0) is 12.8 Å². The Morgan fingerprint density at radius 1 is 1.16 bits per heavy atom. The minimum Gasteiger partial charge on any atom is -0.357 e. The number of aromatic nitrogens is 2. The number of nitrogens with one attached hydrogen (secondary N) is 1. The summed E-state index contributed by atoms with van der Waals surface area (Å²) in [7, 11) is 1.50. The normalized spacial score (nSPS) is 11.5. The molecule has 0 aliphatic rings. The smallest absolute Gasteiger partial charge is 0.357 e. The summed E-state index contributed by atoms with van der Waals surface area (Å²) in [6, 6.07) is 1.01. The van der Waals surface area contributed by atoms with E-state index in [1.807, 2.05) is 18.7 Å². The summed E-state index contributed by atoms with van der Waals surface area (Å²) in [5, 5.41) is 2.57. The molecule has 108 valence electrons. The van der Waals surface area contributed by atoms with Crippen LogP contribution in [0.1, 0.15) is 32.4 Å². The second-order valence-electron chi connectivity index (χ2n) is 4.17. The number of nitrogens with zero attached hydrogens (tertiary/aromatic N) is 3. The van der Waals surface area contributed by atoms with Gasteiger partial charge >= 0.3 is 6.18 Å². The van der Waals surface area contributed by atoms with Gasteiger partial charge in [0.15, 0.2) is 5.69 Å². The number of anilines is 2. The van der Waals surface area contributed by atoms with E-state index >= 15 is 0 Å². The van der Waals surface area contributed by atoms with Gasteiger partial charge in [-0.2, -0.15) is 18.2 Å². The summed E-state index contributed by atoms with van der Waals surface area (Å²) in [6.07, 6.45) is -2.77. The zero-order valence-corrected chi connectivity index (χ0v) is 11.4. The van der Waals surface area contributed by atoms with Gasteiger partial charge in [0.05, 0.1) is 0 Å². The van der Waals surface area contributed by atoms with Crippen LogP contribution in [0.3, 0.4) is 0 Å². The van der Waals surface area contributed by atoms with Gasteiger partial charge in [0.2, 0.25) is 5.95 Å². The quantitative estimate of drug-likeness (QED) is 0.866. The monoisotopic (exact) mass is 276 g/mol. The standard InChI is InChI=1S/C12H19F3N4/c1-4-6-19(7-5-2)10-8-9(12(13,14)15)17-11(16-3)18-10/h8H,4-7H2,1-3H3,(H,16,17,18). The van der Waals surface area contributed by atoms with E-state index in [4.69, 9.17) is 0 Å². The SMILES string of the molecule is CCCN(CCC)c1cc(C(F)(F)F)nc(NC)n1. The van der Waals surface area contributed by atoms with Crippen molar-refractivity contribution in [2.75, 3.05) is 30.4 Å². The fraction of sp³-hybridized carbons (Fsp3) is 0.667. The zero-order valence-electron chi connectivity index (χ0n) is 11.4. The Kier molecular flexibility index (Phi) is 5.38. The van der Waals surface area contributed by atoms with Crippen LogP contribution >= 0.6 is 0 Å². The van der Waals surface area contributed by atoms with Gasteiger partial charge < -0.3 is 10.2 Å². The van der Waals surface area contributed by atoms with Crippen molar-refractivity contribution in [3.8, 4) is 0 Å². The number of alkyl halides is 3. The fourth-order valence-corrected chi connectivity index (χ4v) is 1.73. The van der Waals surface area contributed by atoms with Gasteiger partial charge in [0.1, 0.15) is 5.82 Å². The van der Waals surface area contributed by atoms with Crippen molar-refractivity contribution in [1.29, 1.82) is 0 Å². The third kappa shape index (κ3) is 4.25. The van der Waals surface area contributed by atoms with E-state index in [0.717, 1.165) is 18.9 Å². The van der Waals surface area contributed by atoms with Gasteiger partial charge in [-0.3, -0.25) is 0 Å². The Hall–Kier alpha value is -1.53. The highest BCUT2D eigenvalue weighted by Gasteiger charge is 2.34. The van der Waals surface area contributed by atoms with Crippen LogP contribution in [-0.4, -0.2) is 30.1 Å². The van der Waals surface area contributed by atoms with Crippen molar-refractivity contribution >= 4 is 11.8 Å². The summed E-state index contributed by atoms with van der Waals surface area (Å²) in [5.41, 5.74) is -0.918. The van der Waals surface area contributed by atoms with Gasteiger partial charge in [0.25, 0.3) is 0 Å². The topological polar surface area (TPSA) is 41.1 Å². The van der Waals surface area contributed by atoms with E-state index in [1.165, 1.54) is 7.05 Å². The first-order valence-electron chi connectivity index (χ1n) is 6.31. The lowest BCUT2D eigenvalue weighted by molar-refractivity contribution is -0.141. The Morgan fingerprint density at radius 2 is 1.74 bits per heavy atom. The zero-order chi connectivity index (χ0) is 14.5. The fourth-order valence-electron chi connectivity index (χ4n) is 1.73. The van der Waals surface area contributed by atoms with E-state index in [2.05, 4.69) is 15.3 Å². The maximum Gasteiger partial charge on any atom is 0.433 e. The molecule has 0 amide bonds. The predicted octanol–water partition coefficient (Wildman–Crippen LogP) is 3.16. The van der Waals surface area contributed by atoms with Crippen LogP contribution in [0.15, 0.2) is 6.07 Å². The summed E-state index contributed by atoms with van der Waals surface area (Å²) in [4.78, 5) is 9.40. The van der Waals surface area contributed by atoms with Gasteiger partial charge in [-0.25, -0.2) is 4.98 Å². The van der Waals surface area contributed by atoms with Gasteiger partial charge in [-0.15, -0.1) is 0 Å². The highest BCUT2D eigenvalue weighted by atomic mass is 19.4. The van der Waals surface area contributed by atoms with E-state index in [-0.39, 0.29) is 5.95 Å². The molecular weight excluding hydrogens is 257 g/mol. The Balaban J connectivity index is 3.17. The number of rotatable bonds is 6. The lowest BCUT2D eigenvalue weighted by atomic mass is 10.3. The second kappa shape index (κ2) is 6.58. The molecule has 0 fully saturated rings. The Bertz CT molecular complexity index is 400. The Morgan fingerprint density at radius 3 is 2.16 bits per heavy atom. The minimum absolute atomic E-state index is 0.0120. The number of hydrogen-bond acceptors (Lipinski definition) is 4. The van der Waals surface area contributed by atoms with Crippen molar-refractivity contribution in [2.45, 2.75) is 32.9 Å². The summed E-state index contributed by atoms with van der Waals surface area (Å²) in [6.45, 7) is 5.30. The number of halogens is 3. The molecule has 0 bridgehead atoms. The van der Waals surface area contributed by atoms with E-state index < -0.39 is 11.9 Å². The van der Waals surface area contributed by atoms with Crippen LogP contribution in [0, 0.1) is 0 Å². The van der Waals surface area contributed by atoms with E-state index in [0.29, 0.717) is 18.9 Å². The van der Waals surface area contributed by atoms with Crippen LogP contribution in [0.25, 0.3) is 0 Å². The molecule has 1 rings (SSSR count). The molecule has 1 heterocycles. The lowest BCUT2D eigenvalue weighted by Crippen LogP contribution is -2.27. The molecule has 19 heavy (non-hydrogen) atoms. The maximum atomic E-state index is 12.8. The molecule has 0 spiro atoms. The van der Waals surface area contributed by atoms with Crippen LogP contribution in [0.2, 0.25) is 0 Å². The molecule has 0 saturated carbocycles. The van der Waals surface area contributed by atoms with Crippen LogP contribution in [0.5, 0.6) is 0 Å². The average molecular weight is 276 g/mol. The van der Waals surface area contributed by atoms with E-state index in [1.54, 1.807) is 0 Å². The molecule has 0 aliphatic carbocycles.